The van der Waals surface area contributed by atoms with E-state index in [1.807, 2.05) is 30.3 Å². The molecule has 0 saturated carbocycles. The fourth-order valence-electron chi connectivity index (χ4n) is 6.97. The molecule has 2 amide bonds. The quantitative estimate of drug-likeness (QED) is 0.0400. The number of carboxylic acid groups (broad SMARTS) is 3. The van der Waals surface area contributed by atoms with Gasteiger partial charge in [0.2, 0.25) is 0 Å². The molecular formula is C60H86N2O26. The molecule has 0 aliphatic carbocycles. The molecule has 0 heterocycles. The minimum atomic E-state index is -0.931. The van der Waals surface area contributed by atoms with Gasteiger partial charge in [0.05, 0.1) is 177 Å². The number of ketones is 1. The minimum absolute atomic E-state index is 0.0226. The number of carboxylic acids is 3. The average molecular weight is 1250 g/mol. The van der Waals surface area contributed by atoms with E-state index in [9.17, 15) is 33.6 Å². The molecule has 3 aromatic carbocycles. The van der Waals surface area contributed by atoms with E-state index in [0.29, 0.717) is 96.8 Å². The third-order valence-electron chi connectivity index (χ3n) is 11.3. The predicted octanol–water partition coefficient (Wildman–Crippen LogP) is 3.05. The van der Waals surface area contributed by atoms with Crippen LogP contribution >= 0.6 is 0 Å². The van der Waals surface area contributed by atoms with Crippen molar-refractivity contribution in [2.75, 3.05) is 191 Å². The van der Waals surface area contributed by atoms with Crippen molar-refractivity contribution in [2.45, 2.75) is 38.7 Å². The predicted molar refractivity (Wildman–Crippen MR) is 311 cm³/mol. The van der Waals surface area contributed by atoms with Crippen LogP contribution in [0.1, 0.15) is 48.0 Å². The number of hydrogen-bond donors (Lipinski definition) is 5. The number of carbonyl (C=O) groups excluding carboxylic acids is 4. The zero-order valence-corrected chi connectivity index (χ0v) is 49.8. The Kier molecular flexibility index (Phi) is 43.7. The molecule has 88 heavy (non-hydrogen) atoms. The Morgan fingerprint density at radius 1 is 0.352 bits per heavy atom. The summed E-state index contributed by atoms with van der Waals surface area (Å²) in [6, 6.07) is 18.4. The number of esters is 1. The summed E-state index contributed by atoms with van der Waals surface area (Å²) in [5.74, 6) is -4.13. The van der Waals surface area contributed by atoms with Gasteiger partial charge in [-0.05, 0) is 53.4 Å². The van der Waals surface area contributed by atoms with Crippen LogP contribution < -0.4 is 24.8 Å². The lowest BCUT2D eigenvalue weighted by Crippen LogP contribution is -2.32. The molecule has 3 aromatic rings. The maximum atomic E-state index is 13.7. The van der Waals surface area contributed by atoms with Crippen LogP contribution in [0.4, 0.5) is 0 Å². The smallest absolute Gasteiger partial charge is 0.338 e. The number of ether oxygens (including phenoxy) is 16. The molecule has 0 bridgehead atoms. The van der Waals surface area contributed by atoms with Crippen molar-refractivity contribution in [3.05, 3.63) is 77.9 Å². The number of carbonyl (C=O) groups is 7. The maximum absolute atomic E-state index is 13.7. The van der Waals surface area contributed by atoms with Crippen LogP contribution in [-0.4, -0.2) is 248 Å². The van der Waals surface area contributed by atoms with Gasteiger partial charge in [-0.25, -0.2) is 4.79 Å². The average Bonchev–Trinajstić information content (AvgIpc) is 1.81. The van der Waals surface area contributed by atoms with Crippen molar-refractivity contribution in [2.24, 2.45) is 0 Å². The molecule has 0 atom stereocenters. The molecule has 0 saturated heterocycles. The van der Waals surface area contributed by atoms with Crippen molar-refractivity contribution in [1.82, 2.24) is 10.6 Å². The van der Waals surface area contributed by atoms with E-state index in [0.717, 1.165) is 5.56 Å². The second kappa shape index (κ2) is 51.0. The van der Waals surface area contributed by atoms with Gasteiger partial charge in [0.25, 0.3) is 11.8 Å². The Morgan fingerprint density at radius 3 is 1.09 bits per heavy atom. The van der Waals surface area contributed by atoms with Crippen LogP contribution in [0.15, 0.2) is 66.7 Å². The van der Waals surface area contributed by atoms with Gasteiger partial charge in [-0.15, -0.1) is 0 Å². The number of rotatable bonds is 59. The first-order chi connectivity index (χ1) is 42.9. The Hall–Kier alpha value is -6.93. The Balaban J connectivity index is 1.58. The molecule has 28 heteroatoms. The van der Waals surface area contributed by atoms with Crippen molar-refractivity contribution in [3.8, 4) is 28.4 Å². The number of benzene rings is 3. The lowest BCUT2D eigenvalue weighted by Gasteiger charge is -2.15. The molecule has 0 aliphatic heterocycles. The summed E-state index contributed by atoms with van der Waals surface area (Å²) < 4.78 is 88.3. The van der Waals surface area contributed by atoms with Gasteiger partial charge >= 0.3 is 23.9 Å². The first-order valence-corrected chi connectivity index (χ1v) is 28.9. The van der Waals surface area contributed by atoms with Gasteiger partial charge in [-0.2, -0.15) is 0 Å². The first kappa shape index (κ1) is 75.3. The van der Waals surface area contributed by atoms with Crippen LogP contribution in [0.5, 0.6) is 17.2 Å². The molecule has 3 rings (SSSR count). The van der Waals surface area contributed by atoms with E-state index in [4.69, 9.17) is 91.1 Å². The maximum Gasteiger partial charge on any atom is 0.338 e. The number of Topliss-reactive ketones (excluding diaryl/α,β-unsaturated/α-hetero) is 1. The largest absolute Gasteiger partial charge is 0.486 e. The zero-order chi connectivity index (χ0) is 63.3. The molecule has 0 unspecified atom stereocenters. The fourth-order valence-corrected chi connectivity index (χ4v) is 6.97. The van der Waals surface area contributed by atoms with Gasteiger partial charge in [0.15, 0.2) is 19.0 Å². The third-order valence-corrected chi connectivity index (χ3v) is 11.3. The fraction of sp³-hybridized carbons (Fsp3) is 0.583. The number of hydrogen-bond acceptors (Lipinski definition) is 23. The highest BCUT2D eigenvalue weighted by Crippen LogP contribution is 2.33. The summed E-state index contributed by atoms with van der Waals surface area (Å²) >= 11 is 0. The van der Waals surface area contributed by atoms with Gasteiger partial charge in [-0.3, -0.25) is 28.8 Å². The normalized spacial score (nSPS) is 11.0. The van der Waals surface area contributed by atoms with Gasteiger partial charge in [-0.1, -0.05) is 30.3 Å². The molecule has 0 fully saturated rings. The highest BCUT2D eigenvalue weighted by molar-refractivity contribution is 5.92. The molecular weight excluding hydrogens is 1160 g/mol. The van der Waals surface area contributed by atoms with Crippen LogP contribution in [0.25, 0.3) is 11.1 Å². The summed E-state index contributed by atoms with van der Waals surface area (Å²) in [5, 5.41) is 31.4. The monoisotopic (exact) mass is 1250 g/mol. The summed E-state index contributed by atoms with van der Waals surface area (Å²) in [7, 11) is 0. The van der Waals surface area contributed by atoms with Crippen molar-refractivity contribution in [3.63, 3.8) is 0 Å². The highest BCUT2D eigenvalue weighted by atomic mass is 16.6. The molecule has 0 aliphatic rings. The minimum Gasteiger partial charge on any atom is -0.486 e. The Bertz CT molecular complexity index is 2320. The highest BCUT2D eigenvalue weighted by Gasteiger charge is 2.17. The summed E-state index contributed by atoms with van der Waals surface area (Å²) in [5.41, 5.74) is 1.68. The van der Waals surface area contributed by atoms with E-state index in [-0.39, 0.29) is 160 Å². The van der Waals surface area contributed by atoms with Crippen molar-refractivity contribution in [1.29, 1.82) is 0 Å². The molecule has 5 N–H and O–H groups in total. The third kappa shape index (κ3) is 42.0. The molecule has 28 nitrogen and oxygen atoms in total. The Morgan fingerprint density at radius 2 is 0.693 bits per heavy atom. The van der Waals surface area contributed by atoms with Crippen LogP contribution in [-0.2, 0) is 97.0 Å². The van der Waals surface area contributed by atoms with E-state index in [2.05, 4.69) is 10.6 Å². The number of amides is 2. The van der Waals surface area contributed by atoms with Crippen LogP contribution in [0.2, 0.25) is 0 Å². The van der Waals surface area contributed by atoms with Gasteiger partial charge in [0, 0.05) is 32.2 Å². The topological polar surface area (TPSA) is 352 Å². The number of aliphatic carboxylic acids is 3. The van der Waals surface area contributed by atoms with E-state index in [1.165, 1.54) is 12.1 Å². The SMILES string of the molecule is O=C(O)CCOCCOCCOCCOCCCC(=O)COc1cc(C(=O)OCc2ccccc2)cc(-c2cc(OCC(=O)NCCOCCOCCOCCOCCC(=O)O)cc(OCC(=O)NCCOCCOCCOCCOCCC(=O)O)c2)c1. The molecule has 492 valence electrons. The standard InChI is InChI=1S/C60H86N2O26/c63-51(7-4-13-73-19-25-79-31-32-80-26-20-74-14-8-57(66)67)44-85-52-38-48(37-50(41-52)60(72)88-43-47-5-2-1-3-6-47)49-39-53(86-45-55(64)61-11-17-77-23-29-83-35-33-81-27-21-75-15-9-58(68)69)42-54(40-49)87-46-56(65)62-12-18-78-24-30-84-36-34-82-28-22-76-16-10-59(70)71/h1-3,5-6,37-42H,4,7-36,43-46H2,(H,61,64)(H,62,65)(H,66,67)(H,68,69)(H,70,71). The lowest BCUT2D eigenvalue weighted by molar-refractivity contribution is -0.139. The second-order valence-electron chi connectivity index (χ2n) is 18.5. The second-order valence-corrected chi connectivity index (χ2v) is 18.5. The van der Waals surface area contributed by atoms with E-state index < -0.39 is 48.9 Å². The van der Waals surface area contributed by atoms with Gasteiger partial charge in [0.1, 0.15) is 30.5 Å². The van der Waals surface area contributed by atoms with Gasteiger partial charge < -0.3 is 102 Å². The Labute approximate surface area is 511 Å². The molecule has 0 radical (unpaired) electrons. The summed E-state index contributed by atoms with van der Waals surface area (Å²) in [6.07, 6.45) is 0.343. The lowest BCUT2D eigenvalue weighted by atomic mass is 10.0. The summed E-state index contributed by atoms with van der Waals surface area (Å²) in [6.45, 7) is 5.60. The van der Waals surface area contributed by atoms with Crippen molar-refractivity contribution < 1.29 is 125 Å². The molecule has 0 aromatic heterocycles. The molecule has 0 spiro atoms. The number of nitrogens with one attached hydrogen (secondary N) is 2. The first-order valence-electron chi connectivity index (χ1n) is 28.9. The van der Waals surface area contributed by atoms with E-state index >= 15 is 0 Å². The zero-order valence-electron chi connectivity index (χ0n) is 49.8. The van der Waals surface area contributed by atoms with E-state index in [1.54, 1.807) is 24.3 Å². The summed E-state index contributed by atoms with van der Waals surface area (Å²) in [4.78, 5) is 84.2. The van der Waals surface area contributed by atoms with Crippen LogP contribution in [0.3, 0.4) is 0 Å². The van der Waals surface area contributed by atoms with Crippen molar-refractivity contribution >= 4 is 41.5 Å². The van der Waals surface area contributed by atoms with Crippen LogP contribution in [0, 0.1) is 0 Å².